The molecule has 0 aliphatic rings. The number of nitrogens with one attached hydrogen (secondary N) is 2. The molecule has 1 atom stereocenters. The van der Waals surface area contributed by atoms with E-state index < -0.39 is 6.10 Å². The molecule has 2 amide bonds. The van der Waals surface area contributed by atoms with Gasteiger partial charge in [-0.05, 0) is 47.0 Å². The lowest BCUT2D eigenvalue weighted by Gasteiger charge is -2.14. The molecule has 0 saturated carbocycles. The standard InChI is InChI=1S/C20H19ClN2O2/c21-15-8-10-16(11-9-15)23-20(25)22-13-12-19(24)18-7-3-5-14-4-1-2-6-17(14)18/h1-11,19,24H,12-13H2,(H2,22,23,25). The number of halogens is 1. The summed E-state index contributed by atoms with van der Waals surface area (Å²) >= 11 is 5.81. The molecular formula is C20H19ClN2O2. The van der Waals surface area contributed by atoms with Gasteiger partial charge in [0.2, 0.25) is 0 Å². The maximum absolute atomic E-state index is 11.9. The van der Waals surface area contributed by atoms with Gasteiger partial charge in [0, 0.05) is 17.3 Å². The zero-order valence-electron chi connectivity index (χ0n) is 13.6. The molecule has 0 fully saturated rings. The van der Waals surface area contributed by atoms with Gasteiger partial charge in [-0.3, -0.25) is 0 Å². The highest BCUT2D eigenvalue weighted by Gasteiger charge is 2.11. The summed E-state index contributed by atoms with van der Waals surface area (Å²) in [7, 11) is 0. The summed E-state index contributed by atoms with van der Waals surface area (Å²) in [5.41, 5.74) is 1.54. The third-order valence-electron chi connectivity index (χ3n) is 3.99. The highest BCUT2D eigenvalue weighted by Crippen LogP contribution is 2.25. The molecule has 0 aromatic heterocycles. The number of urea groups is 1. The Kier molecular flexibility index (Phi) is 5.53. The van der Waals surface area contributed by atoms with Crippen molar-refractivity contribution in [3.05, 3.63) is 77.3 Å². The Hall–Kier alpha value is -2.56. The van der Waals surface area contributed by atoms with Crippen LogP contribution in [0.15, 0.2) is 66.7 Å². The van der Waals surface area contributed by atoms with Crippen LogP contribution in [0.1, 0.15) is 18.1 Å². The van der Waals surface area contributed by atoms with Gasteiger partial charge in [0.15, 0.2) is 0 Å². The topological polar surface area (TPSA) is 61.4 Å². The van der Waals surface area contributed by atoms with Crippen LogP contribution in [0.5, 0.6) is 0 Å². The maximum Gasteiger partial charge on any atom is 0.319 e. The lowest BCUT2D eigenvalue weighted by atomic mass is 9.99. The fourth-order valence-electron chi connectivity index (χ4n) is 2.73. The molecule has 0 aliphatic heterocycles. The van der Waals surface area contributed by atoms with Crippen LogP contribution in [0.3, 0.4) is 0 Å². The normalized spacial score (nSPS) is 11.9. The number of fused-ring (bicyclic) bond motifs is 1. The molecule has 0 radical (unpaired) electrons. The van der Waals surface area contributed by atoms with Gasteiger partial charge in [0.05, 0.1) is 6.10 Å². The zero-order valence-corrected chi connectivity index (χ0v) is 14.3. The van der Waals surface area contributed by atoms with Crippen LogP contribution < -0.4 is 10.6 Å². The average molecular weight is 355 g/mol. The molecule has 3 N–H and O–H groups in total. The van der Waals surface area contributed by atoms with Crippen LogP contribution >= 0.6 is 11.6 Å². The SMILES string of the molecule is O=C(NCCC(O)c1cccc2ccccc12)Nc1ccc(Cl)cc1. The van der Waals surface area contributed by atoms with E-state index in [1.165, 1.54) is 0 Å². The smallest absolute Gasteiger partial charge is 0.319 e. The second-order valence-corrected chi connectivity index (χ2v) is 6.20. The monoisotopic (exact) mass is 354 g/mol. The number of anilines is 1. The Labute approximate surface area is 151 Å². The predicted molar refractivity (Wildman–Crippen MR) is 102 cm³/mol. The number of carbonyl (C=O) groups is 1. The van der Waals surface area contributed by atoms with Gasteiger partial charge in [-0.25, -0.2) is 4.79 Å². The van der Waals surface area contributed by atoms with Crippen molar-refractivity contribution in [2.24, 2.45) is 0 Å². The summed E-state index contributed by atoms with van der Waals surface area (Å²) in [6.45, 7) is 0.365. The van der Waals surface area contributed by atoms with Gasteiger partial charge in [-0.2, -0.15) is 0 Å². The summed E-state index contributed by atoms with van der Waals surface area (Å²) < 4.78 is 0. The molecule has 0 aliphatic carbocycles. The van der Waals surface area contributed by atoms with E-state index in [4.69, 9.17) is 11.6 Å². The van der Waals surface area contributed by atoms with Crippen molar-refractivity contribution < 1.29 is 9.90 Å². The van der Waals surface area contributed by atoms with Gasteiger partial charge in [0.25, 0.3) is 0 Å². The van der Waals surface area contributed by atoms with Gasteiger partial charge in [-0.15, -0.1) is 0 Å². The minimum atomic E-state index is -0.637. The number of hydrogen-bond acceptors (Lipinski definition) is 2. The molecule has 4 nitrogen and oxygen atoms in total. The summed E-state index contributed by atoms with van der Waals surface area (Å²) in [4.78, 5) is 11.9. The van der Waals surface area contributed by atoms with Crippen molar-refractivity contribution in [3.63, 3.8) is 0 Å². The minimum absolute atomic E-state index is 0.313. The first-order valence-electron chi connectivity index (χ1n) is 8.09. The molecule has 0 heterocycles. The van der Waals surface area contributed by atoms with Gasteiger partial charge >= 0.3 is 6.03 Å². The second-order valence-electron chi connectivity index (χ2n) is 5.76. The fraction of sp³-hybridized carbons (Fsp3) is 0.150. The minimum Gasteiger partial charge on any atom is -0.388 e. The summed E-state index contributed by atoms with van der Waals surface area (Å²) in [5.74, 6) is 0. The average Bonchev–Trinajstić information content (AvgIpc) is 2.63. The van der Waals surface area contributed by atoms with Crippen LogP contribution in [0, 0.1) is 0 Å². The first-order chi connectivity index (χ1) is 12.1. The molecule has 128 valence electrons. The molecule has 0 saturated heterocycles. The van der Waals surface area contributed by atoms with Crippen molar-refractivity contribution in [1.29, 1.82) is 0 Å². The van der Waals surface area contributed by atoms with Crippen molar-refractivity contribution in [1.82, 2.24) is 5.32 Å². The molecule has 3 rings (SSSR count). The lowest BCUT2D eigenvalue weighted by molar-refractivity contribution is 0.169. The Morgan fingerprint density at radius 1 is 1.00 bits per heavy atom. The van der Waals surface area contributed by atoms with E-state index in [1.807, 2.05) is 42.5 Å². The third-order valence-corrected chi connectivity index (χ3v) is 4.24. The van der Waals surface area contributed by atoms with Crippen molar-refractivity contribution in [3.8, 4) is 0 Å². The summed E-state index contributed by atoms with van der Waals surface area (Å²) in [6, 6.07) is 20.4. The highest BCUT2D eigenvalue weighted by molar-refractivity contribution is 6.30. The number of carbonyl (C=O) groups excluding carboxylic acids is 1. The molecule has 1 unspecified atom stereocenters. The Morgan fingerprint density at radius 3 is 2.52 bits per heavy atom. The van der Waals surface area contributed by atoms with E-state index in [-0.39, 0.29) is 6.03 Å². The molecule has 3 aromatic carbocycles. The van der Waals surface area contributed by atoms with Crippen LogP contribution in [0.4, 0.5) is 10.5 Å². The van der Waals surface area contributed by atoms with Crippen LogP contribution in [-0.2, 0) is 0 Å². The Bertz CT molecular complexity index is 860. The van der Waals surface area contributed by atoms with Gasteiger partial charge < -0.3 is 15.7 Å². The van der Waals surface area contributed by atoms with Gasteiger partial charge in [0.1, 0.15) is 0 Å². The summed E-state index contributed by atoms with van der Waals surface area (Å²) in [5, 5.41) is 18.7. The first-order valence-corrected chi connectivity index (χ1v) is 8.47. The molecule has 3 aromatic rings. The van der Waals surface area contributed by atoms with Crippen LogP contribution in [0.25, 0.3) is 10.8 Å². The van der Waals surface area contributed by atoms with Crippen LogP contribution in [-0.4, -0.2) is 17.7 Å². The molecule has 5 heteroatoms. The third kappa shape index (κ3) is 4.50. The number of benzene rings is 3. The Balaban J connectivity index is 1.54. The quantitative estimate of drug-likeness (QED) is 0.619. The fourth-order valence-corrected chi connectivity index (χ4v) is 2.85. The highest BCUT2D eigenvalue weighted by atomic mass is 35.5. The molecule has 25 heavy (non-hydrogen) atoms. The van der Waals surface area contributed by atoms with E-state index in [2.05, 4.69) is 10.6 Å². The van der Waals surface area contributed by atoms with Crippen molar-refractivity contribution >= 4 is 34.1 Å². The zero-order chi connectivity index (χ0) is 17.6. The van der Waals surface area contributed by atoms with Crippen molar-refractivity contribution in [2.45, 2.75) is 12.5 Å². The molecular weight excluding hydrogens is 336 g/mol. The van der Waals surface area contributed by atoms with Crippen molar-refractivity contribution in [2.75, 3.05) is 11.9 Å². The predicted octanol–water partition coefficient (Wildman–Crippen LogP) is 4.74. The number of amides is 2. The molecule has 0 spiro atoms. The lowest BCUT2D eigenvalue weighted by Crippen LogP contribution is -2.30. The van der Waals surface area contributed by atoms with Crippen LogP contribution in [0.2, 0.25) is 5.02 Å². The van der Waals surface area contributed by atoms with E-state index in [0.29, 0.717) is 23.7 Å². The number of hydrogen-bond donors (Lipinski definition) is 3. The van der Waals surface area contributed by atoms with E-state index in [0.717, 1.165) is 16.3 Å². The largest absolute Gasteiger partial charge is 0.388 e. The summed E-state index contributed by atoms with van der Waals surface area (Å²) in [6.07, 6.45) is -0.205. The van der Waals surface area contributed by atoms with E-state index in [1.54, 1.807) is 24.3 Å². The number of rotatable bonds is 5. The number of aliphatic hydroxyl groups excluding tert-OH is 1. The van der Waals surface area contributed by atoms with E-state index >= 15 is 0 Å². The second kappa shape index (κ2) is 8.01. The maximum atomic E-state index is 11.9. The van der Waals surface area contributed by atoms with E-state index in [9.17, 15) is 9.90 Å². The Morgan fingerprint density at radius 2 is 1.72 bits per heavy atom. The number of aliphatic hydroxyl groups is 1. The molecule has 0 bridgehead atoms. The first kappa shape index (κ1) is 17.3. The van der Waals surface area contributed by atoms with Gasteiger partial charge in [-0.1, -0.05) is 54.1 Å².